The third-order valence-electron chi connectivity index (χ3n) is 5.17. The van der Waals surface area contributed by atoms with Crippen LogP contribution < -0.4 is 5.69 Å². The molecule has 3 heterocycles. The number of aromatic nitrogens is 3. The first kappa shape index (κ1) is 17.7. The van der Waals surface area contributed by atoms with Crippen LogP contribution in [0.2, 0.25) is 0 Å². The molecule has 1 aliphatic rings. The molecule has 0 N–H and O–H groups in total. The van der Waals surface area contributed by atoms with Crippen LogP contribution in [0.4, 0.5) is 0 Å². The highest BCUT2D eigenvalue weighted by Gasteiger charge is 2.29. The van der Waals surface area contributed by atoms with Gasteiger partial charge in [-0.25, -0.2) is 14.0 Å². The van der Waals surface area contributed by atoms with Crippen LogP contribution in [-0.4, -0.2) is 38.2 Å². The van der Waals surface area contributed by atoms with Crippen LogP contribution in [0.3, 0.4) is 0 Å². The molecule has 1 aromatic carbocycles. The van der Waals surface area contributed by atoms with Crippen molar-refractivity contribution in [2.45, 2.75) is 25.7 Å². The zero-order valence-electron chi connectivity index (χ0n) is 15.5. The number of rotatable bonds is 3. The fraction of sp³-hybridized carbons (Fsp3) is 0.350. The summed E-state index contributed by atoms with van der Waals surface area (Å²) >= 11 is 1.50. The number of benzene rings is 1. The van der Waals surface area contributed by atoms with E-state index in [1.54, 1.807) is 11.6 Å². The normalized spacial score (nSPS) is 15.3. The van der Waals surface area contributed by atoms with Gasteiger partial charge in [0.25, 0.3) is 5.91 Å². The van der Waals surface area contributed by atoms with E-state index in [1.807, 2.05) is 53.6 Å². The van der Waals surface area contributed by atoms with Gasteiger partial charge in [-0.15, -0.1) is 11.3 Å². The quantitative estimate of drug-likeness (QED) is 0.700. The van der Waals surface area contributed by atoms with Gasteiger partial charge in [0.2, 0.25) is 0 Å². The van der Waals surface area contributed by atoms with Crippen molar-refractivity contribution < 1.29 is 4.79 Å². The van der Waals surface area contributed by atoms with E-state index >= 15 is 0 Å². The number of likely N-dealkylation sites (tertiary alicyclic amines) is 1. The summed E-state index contributed by atoms with van der Waals surface area (Å²) in [5.74, 6) is 1.06. The van der Waals surface area contributed by atoms with Crippen molar-refractivity contribution in [3.63, 3.8) is 0 Å². The Hall–Kier alpha value is -2.67. The Morgan fingerprint density at radius 1 is 1.15 bits per heavy atom. The average Bonchev–Trinajstić information content (AvgIpc) is 3.25. The van der Waals surface area contributed by atoms with Crippen molar-refractivity contribution in [2.24, 2.45) is 7.05 Å². The molecule has 3 aromatic rings. The van der Waals surface area contributed by atoms with E-state index in [0.29, 0.717) is 13.1 Å². The Kier molecular flexibility index (Phi) is 4.70. The van der Waals surface area contributed by atoms with Crippen LogP contribution in [0.1, 0.15) is 39.8 Å². The van der Waals surface area contributed by atoms with Crippen molar-refractivity contribution in [2.75, 3.05) is 13.1 Å². The van der Waals surface area contributed by atoms with Crippen molar-refractivity contribution in [3.8, 4) is 5.69 Å². The Morgan fingerprint density at radius 3 is 2.48 bits per heavy atom. The van der Waals surface area contributed by atoms with Crippen LogP contribution >= 0.6 is 11.3 Å². The van der Waals surface area contributed by atoms with Crippen LogP contribution in [0, 0.1) is 6.92 Å². The molecule has 0 unspecified atom stereocenters. The van der Waals surface area contributed by atoms with E-state index in [0.717, 1.165) is 34.8 Å². The smallest absolute Gasteiger partial charge is 0.338 e. The molecule has 1 fully saturated rings. The molecule has 0 saturated carbocycles. The number of para-hydroxylation sites is 1. The number of piperidine rings is 1. The second kappa shape index (κ2) is 7.15. The van der Waals surface area contributed by atoms with Crippen molar-refractivity contribution in [1.82, 2.24) is 19.2 Å². The van der Waals surface area contributed by atoms with Gasteiger partial charge >= 0.3 is 5.69 Å². The largest absolute Gasteiger partial charge is 0.350 e. The molecule has 140 valence electrons. The summed E-state index contributed by atoms with van der Waals surface area (Å²) in [7, 11) is 1.68. The van der Waals surface area contributed by atoms with E-state index < -0.39 is 0 Å². The van der Waals surface area contributed by atoms with Gasteiger partial charge in [-0.2, -0.15) is 5.10 Å². The molecule has 1 aliphatic heterocycles. The number of hydrogen-bond donors (Lipinski definition) is 0. The van der Waals surface area contributed by atoms with Crippen molar-refractivity contribution >= 4 is 17.2 Å². The maximum atomic E-state index is 12.7. The van der Waals surface area contributed by atoms with E-state index in [-0.39, 0.29) is 17.5 Å². The van der Waals surface area contributed by atoms with Gasteiger partial charge in [0.05, 0.1) is 10.6 Å². The molecule has 0 aliphatic carbocycles. The molecule has 2 aromatic heterocycles. The molecule has 6 nitrogen and oxygen atoms in total. The molecule has 0 atom stereocenters. The number of hydrogen-bond acceptors (Lipinski definition) is 4. The van der Waals surface area contributed by atoms with Crippen LogP contribution in [0.25, 0.3) is 5.69 Å². The lowest BCUT2D eigenvalue weighted by Gasteiger charge is -2.31. The van der Waals surface area contributed by atoms with Gasteiger partial charge in [-0.1, -0.05) is 18.2 Å². The molecule has 4 rings (SSSR count). The zero-order valence-corrected chi connectivity index (χ0v) is 16.3. The number of aryl methyl sites for hydroxylation is 2. The summed E-state index contributed by atoms with van der Waals surface area (Å²) in [5, 5.41) is 6.47. The van der Waals surface area contributed by atoms with Crippen molar-refractivity contribution in [1.29, 1.82) is 0 Å². The predicted octanol–water partition coefficient (Wildman–Crippen LogP) is 2.96. The fourth-order valence-electron chi connectivity index (χ4n) is 3.64. The van der Waals surface area contributed by atoms with Gasteiger partial charge < -0.3 is 4.90 Å². The Bertz CT molecular complexity index is 1010. The molecule has 0 spiro atoms. The van der Waals surface area contributed by atoms with Crippen LogP contribution in [0.15, 0.2) is 46.6 Å². The van der Waals surface area contributed by atoms with Crippen LogP contribution in [0.5, 0.6) is 0 Å². The molecular formula is C20H22N4O2S. The zero-order chi connectivity index (χ0) is 19.0. The first-order chi connectivity index (χ1) is 13.1. The van der Waals surface area contributed by atoms with Gasteiger partial charge in [-0.3, -0.25) is 4.79 Å². The summed E-state index contributed by atoms with van der Waals surface area (Å²) in [6, 6.07) is 11.6. The van der Waals surface area contributed by atoms with Gasteiger partial charge in [-0.05, 0) is 48.9 Å². The molecule has 7 heteroatoms. The number of nitrogens with zero attached hydrogens (tertiary/aromatic N) is 4. The minimum Gasteiger partial charge on any atom is -0.338 e. The molecule has 0 radical (unpaired) electrons. The summed E-state index contributed by atoms with van der Waals surface area (Å²) in [6.45, 7) is 3.34. The first-order valence-electron chi connectivity index (χ1n) is 9.11. The van der Waals surface area contributed by atoms with Gasteiger partial charge in [0.1, 0.15) is 5.82 Å². The number of carbonyl (C=O) groups is 1. The maximum Gasteiger partial charge on any atom is 0.350 e. The Morgan fingerprint density at radius 2 is 1.85 bits per heavy atom. The van der Waals surface area contributed by atoms with Crippen LogP contribution in [-0.2, 0) is 7.05 Å². The molecule has 27 heavy (non-hydrogen) atoms. The molecule has 1 amide bonds. The van der Waals surface area contributed by atoms with Gasteiger partial charge in [0, 0.05) is 26.1 Å². The first-order valence-corrected chi connectivity index (χ1v) is 9.99. The molecule has 1 saturated heterocycles. The number of thiophene rings is 1. The fourth-order valence-corrected chi connectivity index (χ4v) is 4.54. The van der Waals surface area contributed by atoms with Crippen molar-refractivity contribution in [3.05, 3.63) is 68.5 Å². The van der Waals surface area contributed by atoms with E-state index in [1.165, 1.54) is 16.0 Å². The minimum absolute atomic E-state index is 0.113. The lowest BCUT2D eigenvalue weighted by molar-refractivity contribution is 0.0715. The topological polar surface area (TPSA) is 60.1 Å². The molecular weight excluding hydrogens is 360 g/mol. The lowest BCUT2D eigenvalue weighted by atomic mass is 9.95. The summed E-state index contributed by atoms with van der Waals surface area (Å²) in [4.78, 5) is 28.1. The second-order valence-corrected chi connectivity index (χ2v) is 7.85. The highest BCUT2D eigenvalue weighted by atomic mass is 32.1. The van der Waals surface area contributed by atoms with E-state index in [2.05, 4.69) is 5.10 Å². The summed E-state index contributed by atoms with van der Waals surface area (Å²) in [6.07, 6.45) is 1.61. The predicted molar refractivity (Wildman–Crippen MR) is 106 cm³/mol. The maximum absolute atomic E-state index is 12.7. The SMILES string of the molecule is Cc1ccsc1C(=O)N1CCC(c2nn(C)c(=O)n2-c2ccccc2)CC1. The minimum atomic E-state index is -0.135. The average molecular weight is 382 g/mol. The van der Waals surface area contributed by atoms with E-state index in [9.17, 15) is 9.59 Å². The third-order valence-corrected chi connectivity index (χ3v) is 6.17. The second-order valence-electron chi connectivity index (χ2n) is 6.93. The highest BCUT2D eigenvalue weighted by Crippen LogP contribution is 2.29. The monoisotopic (exact) mass is 382 g/mol. The number of amides is 1. The lowest BCUT2D eigenvalue weighted by Crippen LogP contribution is -2.38. The standard InChI is InChI=1S/C20H22N4O2S/c1-14-10-13-27-17(14)19(25)23-11-8-15(9-12-23)18-21-22(2)20(26)24(18)16-6-4-3-5-7-16/h3-7,10,13,15H,8-9,11-12H2,1-2H3. The van der Waals surface area contributed by atoms with Gasteiger partial charge in [0.15, 0.2) is 0 Å². The Labute approximate surface area is 161 Å². The highest BCUT2D eigenvalue weighted by molar-refractivity contribution is 7.12. The molecule has 0 bridgehead atoms. The number of carbonyl (C=O) groups excluding carboxylic acids is 1. The third kappa shape index (κ3) is 3.23. The Balaban J connectivity index is 1.56. The summed E-state index contributed by atoms with van der Waals surface area (Å²) < 4.78 is 3.10. The summed E-state index contributed by atoms with van der Waals surface area (Å²) in [5.41, 5.74) is 1.73. The van der Waals surface area contributed by atoms with E-state index in [4.69, 9.17) is 0 Å².